The number of rotatable bonds is 6. The Morgan fingerprint density at radius 2 is 1.85 bits per heavy atom. The number of carbonyl (C=O) groups excluding carboxylic acids is 1. The number of ether oxygens (including phenoxy) is 1. The van der Waals surface area contributed by atoms with Crippen LogP contribution < -0.4 is 14.4 Å². The Morgan fingerprint density at radius 3 is 2.38 bits per heavy atom. The molecule has 1 N–H and O–H groups in total. The van der Waals surface area contributed by atoms with Crippen LogP contribution in [0.25, 0.3) is 0 Å². The number of sulfonamides is 1. The lowest BCUT2D eigenvalue weighted by atomic mass is 10.2. The number of nitrogens with one attached hydrogen (secondary N) is 1. The summed E-state index contributed by atoms with van der Waals surface area (Å²) in [6.07, 6.45) is 1.02. The molecular formula is C17H18Cl2N2O4S. The maximum absolute atomic E-state index is 12.3. The van der Waals surface area contributed by atoms with Crippen molar-refractivity contribution in [1.82, 2.24) is 0 Å². The van der Waals surface area contributed by atoms with Gasteiger partial charge in [-0.3, -0.25) is 9.10 Å². The molecule has 26 heavy (non-hydrogen) atoms. The number of hydrogen-bond acceptors (Lipinski definition) is 4. The minimum Gasteiger partial charge on any atom is -0.495 e. The molecule has 0 aliphatic carbocycles. The van der Waals surface area contributed by atoms with Gasteiger partial charge in [-0.05, 0) is 42.8 Å². The average molecular weight is 417 g/mol. The first-order valence-electron chi connectivity index (χ1n) is 7.49. The molecule has 0 aliphatic rings. The zero-order valence-electron chi connectivity index (χ0n) is 14.4. The Morgan fingerprint density at radius 1 is 1.15 bits per heavy atom. The molecule has 0 atom stereocenters. The van der Waals surface area contributed by atoms with Crippen molar-refractivity contribution in [3.63, 3.8) is 0 Å². The summed E-state index contributed by atoms with van der Waals surface area (Å²) in [5.74, 6) is -0.107. The van der Waals surface area contributed by atoms with Gasteiger partial charge in [-0.25, -0.2) is 8.42 Å². The van der Waals surface area contributed by atoms with Crippen LogP contribution in [0.15, 0.2) is 36.4 Å². The van der Waals surface area contributed by atoms with Crippen LogP contribution in [-0.2, 0) is 14.8 Å². The van der Waals surface area contributed by atoms with E-state index in [-0.39, 0.29) is 10.7 Å². The topological polar surface area (TPSA) is 75.7 Å². The van der Waals surface area contributed by atoms with Gasteiger partial charge in [0, 0.05) is 10.7 Å². The summed E-state index contributed by atoms with van der Waals surface area (Å²) in [4.78, 5) is 12.3. The van der Waals surface area contributed by atoms with Crippen LogP contribution in [0.5, 0.6) is 5.75 Å². The van der Waals surface area contributed by atoms with E-state index in [9.17, 15) is 13.2 Å². The zero-order chi connectivity index (χ0) is 19.5. The largest absolute Gasteiger partial charge is 0.495 e. The average Bonchev–Trinajstić information content (AvgIpc) is 2.55. The van der Waals surface area contributed by atoms with Crippen LogP contribution in [0, 0.1) is 6.92 Å². The predicted molar refractivity (Wildman–Crippen MR) is 105 cm³/mol. The standard InChI is InChI=1S/C17H18Cl2N2O4S/c1-11-4-5-12(8-14(11)18)20-17(22)10-21(26(3,23)24)13-6-7-16(25-2)15(19)9-13/h4-9H,10H2,1-3H3,(H,20,22). The highest BCUT2D eigenvalue weighted by Crippen LogP contribution is 2.30. The van der Waals surface area contributed by atoms with Crippen molar-refractivity contribution >= 4 is 50.5 Å². The second-order valence-corrected chi connectivity index (χ2v) is 8.32. The molecule has 2 aromatic carbocycles. The summed E-state index contributed by atoms with van der Waals surface area (Å²) < 4.78 is 30.3. The maximum atomic E-state index is 12.3. The number of amides is 1. The second kappa shape index (κ2) is 8.16. The molecule has 0 bridgehead atoms. The minimum atomic E-state index is -3.71. The molecule has 0 aliphatic heterocycles. The highest BCUT2D eigenvalue weighted by Gasteiger charge is 2.22. The summed E-state index contributed by atoms with van der Waals surface area (Å²) in [5, 5.41) is 3.38. The fourth-order valence-electron chi connectivity index (χ4n) is 2.21. The summed E-state index contributed by atoms with van der Waals surface area (Å²) in [7, 11) is -2.26. The summed E-state index contributed by atoms with van der Waals surface area (Å²) >= 11 is 12.1. The lowest BCUT2D eigenvalue weighted by Gasteiger charge is -2.22. The van der Waals surface area contributed by atoms with Crippen LogP contribution in [0.4, 0.5) is 11.4 Å². The van der Waals surface area contributed by atoms with Crippen LogP contribution in [0.3, 0.4) is 0 Å². The van der Waals surface area contributed by atoms with Gasteiger partial charge in [0.2, 0.25) is 15.9 Å². The Balaban J connectivity index is 2.24. The molecule has 6 nitrogen and oxygen atoms in total. The maximum Gasteiger partial charge on any atom is 0.245 e. The smallest absolute Gasteiger partial charge is 0.245 e. The molecule has 0 aromatic heterocycles. The second-order valence-electron chi connectivity index (χ2n) is 5.60. The predicted octanol–water partition coefficient (Wildman–Crippen LogP) is 3.72. The van der Waals surface area contributed by atoms with Gasteiger partial charge >= 0.3 is 0 Å². The van der Waals surface area contributed by atoms with E-state index >= 15 is 0 Å². The molecule has 2 aromatic rings. The lowest BCUT2D eigenvalue weighted by Crippen LogP contribution is -2.37. The third kappa shape index (κ3) is 5.03. The highest BCUT2D eigenvalue weighted by molar-refractivity contribution is 7.92. The number of carbonyl (C=O) groups is 1. The lowest BCUT2D eigenvalue weighted by molar-refractivity contribution is -0.114. The van der Waals surface area contributed by atoms with E-state index in [0.29, 0.717) is 16.5 Å². The van der Waals surface area contributed by atoms with Gasteiger partial charge in [0.1, 0.15) is 12.3 Å². The fourth-order valence-corrected chi connectivity index (χ4v) is 3.49. The molecule has 0 unspecified atom stereocenters. The van der Waals surface area contributed by atoms with Crippen LogP contribution in [0.1, 0.15) is 5.56 Å². The van der Waals surface area contributed by atoms with Gasteiger partial charge in [-0.1, -0.05) is 29.3 Å². The number of hydrogen-bond donors (Lipinski definition) is 1. The summed E-state index contributed by atoms with van der Waals surface area (Å²) in [6.45, 7) is 1.43. The molecule has 0 fully saturated rings. The van der Waals surface area contributed by atoms with E-state index in [1.807, 2.05) is 6.92 Å². The number of aryl methyl sites for hydroxylation is 1. The number of benzene rings is 2. The number of anilines is 2. The van der Waals surface area contributed by atoms with Gasteiger partial charge in [0.15, 0.2) is 0 Å². The molecule has 0 heterocycles. The van der Waals surface area contributed by atoms with E-state index in [0.717, 1.165) is 16.1 Å². The number of halogens is 2. The monoisotopic (exact) mass is 416 g/mol. The van der Waals surface area contributed by atoms with Gasteiger partial charge in [-0.15, -0.1) is 0 Å². The quantitative estimate of drug-likeness (QED) is 0.778. The molecule has 9 heteroatoms. The van der Waals surface area contributed by atoms with Gasteiger partial charge in [0.05, 0.1) is 24.1 Å². The Kier molecular flexibility index (Phi) is 6.39. The molecular weight excluding hydrogens is 399 g/mol. The van der Waals surface area contributed by atoms with Crippen molar-refractivity contribution in [3.8, 4) is 5.75 Å². The van der Waals surface area contributed by atoms with Crippen molar-refractivity contribution < 1.29 is 17.9 Å². The molecule has 0 saturated carbocycles. The van der Waals surface area contributed by atoms with Crippen LogP contribution in [0.2, 0.25) is 10.0 Å². The Labute approximate surface area is 162 Å². The van der Waals surface area contributed by atoms with Crippen molar-refractivity contribution in [2.75, 3.05) is 29.5 Å². The van der Waals surface area contributed by atoms with E-state index in [2.05, 4.69) is 5.32 Å². The van der Waals surface area contributed by atoms with Crippen LogP contribution in [-0.4, -0.2) is 34.2 Å². The third-order valence-electron chi connectivity index (χ3n) is 3.57. The van der Waals surface area contributed by atoms with Crippen molar-refractivity contribution in [2.24, 2.45) is 0 Å². The van der Waals surface area contributed by atoms with E-state index < -0.39 is 22.5 Å². The molecule has 0 spiro atoms. The van der Waals surface area contributed by atoms with Crippen molar-refractivity contribution in [3.05, 3.63) is 52.0 Å². The van der Waals surface area contributed by atoms with E-state index in [1.54, 1.807) is 18.2 Å². The first kappa shape index (κ1) is 20.4. The third-order valence-corrected chi connectivity index (χ3v) is 5.41. The minimum absolute atomic E-state index is 0.240. The Hall–Kier alpha value is -1.96. The number of nitrogens with zero attached hydrogens (tertiary/aromatic N) is 1. The first-order valence-corrected chi connectivity index (χ1v) is 10.1. The normalized spacial score (nSPS) is 11.1. The molecule has 2 rings (SSSR count). The SMILES string of the molecule is COc1ccc(N(CC(=O)Nc2ccc(C)c(Cl)c2)S(C)(=O)=O)cc1Cl. The van der Waals surface area contributed by atoms with Crippen molar-refractivity contribution in [1.29, 1.82) is 0 Å². The van der Waals surface area contributed by atoms with Gasteiger partial charge in [0.25, 0.3) is 0 Å². The molecule has 0 saturated heterocycles. The van der Waals surface area contributed by atoms with Crippen LogP contribution >= 0.6 is 23.2 Å². The first-order chi connectivity index (χ1) is 12.1. The molecule has 0 radical (unpaired) electrons. The molecule has 1 amide bonds. The number of methoxy groups -OCH3 is 1. The Bertz CT molecular complexity index is 932. The summed E-state index contributed by atoms with van der Waals surface area (Å²) in [5.41, 5.74) is 1.61. The van der Waals surface area contributed by atoms with Gasteiger partial charge in [-0.2, -0.15) is 0 Å². The highest BCUT2D eigenvalue weighted by atomic mass is 35.5. The van der Waals surface area contributed by atoms with E-state index in [4.69, 9.17) is 27.9 Å². The molecule has 140 valence electrons. The van der Waals surface area contributed by atoms with E-state index in [1.165, 1.54) is 25.3 Å². The zero-order valence-corrected chi connectivity index (χ0v) is 16.7. The van der Waals surface area contributed by atoms with Crippen molar-refractivity contribution in [2.45, 2.75) is 6.92 Å². The fraction of sp³-hybridized carbons (Fsp3) is 0.235. The van der Waals surface area contributed by atoms with Gasteiger partial charge < -0.3 is 10.1 Å². The summed E-state index contributed by atoms with van der Waals surface area (Å²) in [6, 6.07) is 9.53.